The molecule has 0 aromatic heterocycles. The van der Waals surface area contributed by atoms with Crippen LogP contribution in [0.25, 0.3) is 0 Å². The molecule has 3 nitrogen and oxygen atoms in total. The molecule has 0 spiro atoms. The quantitative estimate of drug-likeness (QED) is 0.801. The van der Waals surface area contributed by atoms with Crippen LogP contribution >= 0.6 is 0 Å². The first-order valence-electron chi connectivity index (χ1n) is 6.23. The van der Waals surface area contributed by atoms with Gasteiger partial charge in [-0.05, 0) is 25.1 Å². The van der Waals surface area contributed by atoms with Crippen LogP contribution in [0, 0.1) is 5.41 Å². The molecule has 0 saturated heterocycles. The highest BCUT2D eigenvalue weighted by molar-refractivity contribution is 6.74. The Labute approximate surface area is 109 Å². The Morgan fingerprint density at radius 1 is 1.06 bits per heavy atom. The first-order valence-corrected chi connectivity index (χ1v) is 13.1. The summed E-state index contributed by atoms with van der Waals surface area (Å²) in [7, 11) is -3.31. The van der Waals surface area contributed by atoms with E-state index >= 15 is 0 Å². The van der Waals surface area contributed by atoms with Gasteiger partial charge >= 0.3 is 5.97 Å². The smallest absolute Gasteiger partial charge is 0.309 e. The lowest BCUT2D eigenvalue weighted by molar-refractivity contribution is -0.139. The van der Waals surface area contributed by atoms with Crippen molar-refractivity contribution < 1.29 is 9.22 Å². The molecule has 0 amide bonds. The average molecular weight is 276 g/mol. The molecule has 5 heteroatoms. The molecular formula is C12H29NO2Si2. The summed E-state index contributed by atoms with van der Waals surface area (Å²) in [5.41, 5.74) is -0.114. The number of hydrogen-bond acceptors (Lipinski definition) is 3. The van der Waals surface area contributed by atoms with Crippen LogP contribution in [0.1, 0.15) is 20.8 Å². The van der Waals surface area contributed by atoms with Gasteiger partial charge < -0.3 is 9.41 Å². The van der Waals surface area contributed by atoms with Gasteiger partial charge in [-0.15, -0.1) is 0 Å². The molecule has 0 heterocycles. The molecule has 1 N–H and O–H groups in total. The molecule has 0 aromatic carbocycles. The van der Waals surface area contributed by atoms with Crippen LogP contribution in [0.2, 0.25) is 39.3 Å². The van der Waals surface area contributed by atoms with E-state index in [0.717, 1.165) is 0 Å². The van der Waals surface area contributed by atoms with Crippen molar-refractivity contribution in [2.45, 2.75) is 66.1 Å². The van der Waals surface area contributed by atoms with Crippen LogP contribution in [0.3, 0.4) is 0 Å². The second kappa shape index (κ2) is 5.24. The first kappa shape index (κ1) is 16.9. The first-order chi connectivity index (χ1) is 7.22. The third-order valence-electron chi connectivity index (χ3n) is 2.09. The molecule has 0 aromatic rings. The summed E-state index contributed by atoms with van der Waals surface area (Å²) in [4.78, 5) is 15.8. The van der Waals surface area contributed by atoms with Crippen molar-refractivity contribution in [2.75, 3.05) is 0 Å². The van der Waals surface area contributed by atoms with Gasteiger partial charge in [-0.25, -0.2) is 0 Å². The molecule has 0 radical (unpaired) electrons. The van der Waals surface area contributed by atoms with Crippen LogP contribution in [0.4, 0.5) is 0 Å². The summed E-state index contributed by atoms with van der Waals surface area (Å²) in [5.74, 6) is -0.0842. The number of rotatable bonds is 4. The fourth-order valence-electron chi connectivity index (χ4n) is 1.42. The van der Waals surface area contributed by atoms with Gasteiger partial charge in [0.25, 0.3) is 0 Å². The van der Waals surface area contributed by atoms with E-state index in [2.05, 4.69) is 45.4 Å². The fraction of sp³-hybridized carbons (Fsp3) is 0.917. The maximum atomic E-state index is 12.3. The van der Waals surface area contributed by atoms with E-state index in [0.29, 0.717) is 0 Å². The van der Waals surface area contributed by atoms with E-state index in [9.17, 15) is 4.79 Å². The van der Waals surface area contributed by atoms with Gasteiger partial charge in [0.1, 0.15) is 14.3 Å². The lowest BCUT2D eigenvalue weighted by Gasteiger charge is -2.36. The highest BCUT2D eigenvalue weighted by Crippen LogP contribution is 2.23. The zero-order valence-corrected chi connectivity index (χ0v) is 14.9. The lowest BCUT2D eigenvalue weighted by atomic mass is 9.88. The van der Waals surface area contributed by atoms with E-state index in [4.69, 9.17) is 4.43 Å². The van der Waals surface area contributed by atoms with Gasteiger partial charge in [0.2, 0.25) is 8.32 Å². The molecule has 0 saturated carbocycles. The molecule has 1 unspecified atom stereocenters. The molecule has 0 bridgehead atoms. The van der Waals surface area contributed by atoms with Crippen LogP contribution in [-0.4, -0.2) is 28.6 Å². The Morgan fingerprint density at radius 3 is 1.71 bits per heavy atom. The van der Waals surface area contributed by atoms with Crippen LogP contribution in [0.15, 0.2) is 0 Å². The summed E-state index contributed by atoms with van der Waals surface area (Å²) in [6.45, 7) is 19.0. The van der Waals surface area contributed by atoms with Crippen molar-refractivity contribution in [1.82, 2.24) is 4.98 Å². The van der Waals surface area contributed by atoms with Crippen molar-refractivity contribution in [2.24, 2.45) is 5.41 Å². The van der Waals surface area contributed by atoms with Crippen molar-refractivity contribution in [3.8, 4) is 0 Å². The Morgan fingerprint density at radius 2 is 1.47 bits per heavy atom. The predicted molar refractivity (Wildman–Crippen MR) is 79.2 cm³/mol. The summed E-state index contributed by atoms with van der Waals surface area (Å²) >= 11 is 0. The maximum Gasteiger partial charge on any atom is 0.309 e. The minimum atomic E-state index is -1.81. The van der Waals surface area contributed by atoms with E-state index in [-0.39, 0.29) is 17.4 Å². The van der Waals surface area contributed by atoms with Gasteiger partial charge in [0.05, 0.1) is 0 Å². The Bertz CT molecular complexity index is 272. The van der Waals surface area contributed by atoms with Crippen molar-refractivity contribution in [1.29, 1.82) is 0 Å². The highest BCUT2D eigenvalue weighted by atomic mass is 28.4. The predicted octanol–water partition coefficient (Wildman–Crippen LogP) is 3.20. The molecule has 0 rings (SSSR count). The Kier molecular flexibility index (Phi) is 5.20. The molecule has 102 valence electrons. The molecule has 0 fully saturated rings. The van der Waals surface area contributed by atoms with Gasteiger partial charge in [-0.3, -0.25) is 4.79 Å². The van der Waals surface area contributed by atoms with Gasteiger partial charge in [0.15, 0.2) is 0 Å². The topological polar surface area (TPSA) is 38.3 Å². The summed E-state index contributed by atoms with van der Waals surface area (Å²) < 4.78 is 5.63. The number of hydrogen-bond donors (Lipinski definition) is 1. The second-order valence-corrected chi connectivity index (χ2v) is 16.9. The second-order valence-electron chi connectivity index (χ2n) is 7.73. The van der Waals surface area contributed by atoms with E-state index in [1.165, 1.54) is 0 Å². The largest absolute Gasteiger partial charge is 0.519 e. The highest BCUT2D eigenvalue weighted by Gasteiger charge is 2.37. The van der Waals surface area contributed by atoms with Crippen molar-refractivity contribution in [3.05, 3.63) is 0 Å². The average Bonchev–Trinajstić information content (AvgIpc) is 1.92. The number of nitrogens with one attached hydrogen (secondary N) is 1. The Balaban J connectivity index is 4.90. The minimum Gasteiger partial charge on any atom is -0.519 e. The van der Waals surface area contributed by atoms with Crippen LogP contribution in [-0.2, 0) is 9.22 Å². The zero-order valence-electron chi connectivity index (χ0n) is 12.9. The third kappa shape index (κ3) is 7.73. The molecule has 0 aliphatic heterocycles. The maximum absolute atomic E-state index is 12.3. The lowest BCUT2D eigenvalue weighted by Crippen LogP contribution is -2.58. The molecule has 1 atom stereocenters. The normalized spacial score (nSPS) is 15.6. The van der Waals surface area contributed by atoms with Gasteiger partial charge in [-0.2, -0.15) is 0 Å². The molecule has 0 aliphatic rings. The number of carbonyl (C=O) groups excluding carboxylic acids is 1. The summed E-state index contributed by atoms with van der Waals surface area (Å²) in [5, 5.41) is 0. The van der Waals surface area contributed by atoms with E-state index in [1.54, 1.807) is 0 Å². The molecular weight excluding hydrogens is 246 g/mol. The zero-order chi connectivity index (χ0) is 14.1. The standard InChI is InChI=1S/C12H29NO2Si2/c1-12(2,3)10(13-16(4,5)6)11(14)15-17(7,8)9/h10,13H,1-9H3. The number of carbonyl (C=O) groups is 1. The van der Waals surface area contributed by atoms with E-state index in [1.807, 2.05) is 19.6 Å². The minimum absolute atomic E-state index is 0.0842. The fourth-order valence-corrected chi connectivity index (χ4v) is 3.56. The van der Waals surface area contributed by atoms with Crippen molar-refractivity contribution >= 4 is 22.5 Å². The third-order valence-corrected chi connectivity index (χ3v) is 4.05. The van der Waals surface area contributed by atoms with Crippen molar-refractivity contribution in [3.63, 3.8) is 0 Å². The summed E-state index contributed by atoms with van der Waals surface area (Å²) in [6.07, 6.45) is 0. The SMILES string of the molecule is CC(C)(C)C(N[Si](C)(C)C)C(=O)O[Si](C)(C)C. The van der Waals surface area contributed by atoms with Crippen LogP contribution in [0.5, 0.6) is 0 Å². The molecule has 0 aliphatic carbocycles. The summed E-state index contributed by atoms with van der Waals surface area (Å²) in [6, 6.07) is -0.208. The molecule has 17 heavy (non-hydrogen) atoms. The monoisotopic (exact) mass is 275 g/mol. The Hall–Kier alpha value is -0.136. The van der Waals surface area contributed by atoms with Gasteiger partial charge in [0, 0.05) is 0 Å². The van der Waals surface area contributed by atoms with Gasteiger partial charge in [-0.1, -0.05) is 40.4 Å². The van der Waals surface area contributed by atoms with E-state index < -0.39 is 16.6 Å². The van der Waals surface area contributed by atoms with Crippen LogP contribution < -0.4 is 4.98 Å².